The summed E-state index contributed by atoms with van der Waals surface area (Å²) in [5.41, 5.74) is 2.99. The number of amides is 1. The van der Waals surface area contributed by atoms with Gasteiger partial charge in [0, 0.05) is 44.5 Å². The average Bonchev–Trinajstić information content (AvgIpc) is 3.29. The highest BCUT2D eigenvalue weighted by Crippen LogP contribution is 2.16. The third kappa shape index (κ3) is 4.92. The molecule has 7 nitrogen and oxygen atoms in total. The van der Waals surface area contributed by atoms with E-state index in [1.807, 2.05) is 29.2 Å². The lowest BCUT2D eigenvalue weighted by Crippen LogP contribution is -2.45. The van der Waals surface area contributed by atoms with Gasteiger partial charge < -0.3 is 15.1 Å². The van der Waals surface area contributed by atoms with Crippen LogP contribution in [0, 0.1) is 0 Å². The molecule has 29 heavy (non-hydrogen) atoms. The van der Waals surface area contributed by atoms with Crippen molar-refractivity contribution in [3.8, 4) is 5.69 Å². The van der Waals surface area contributed by atoms with Gasteiger partial charge >= 0.3 is 0 Å². The summed E-state index contributed by atoms with van der Waals surface area (Å²) in [5, 5.41) is 7.77. The van der Waals surface area contributed by atoms with Crippen LogP contribution in [-0.2, 0) is 0 Å². The molecule has 3 heterocycles. The SMILES string of the molecule is CN1C=C(CCNC2CCN(C(=O)c3ccc(-n4cncn4)cc3)CC2)C=CC1. The summed E-state index contributed by atoms with van der Waals surface area (Å²) in [6, 6.07) is 8.03. The van der Waals surface area contributed by atoms with E-state index in [1.54, 1.807) is 11.0 Å². The molecule has 0 aliphatic carbocycles. The average molecular weight is 393 g/mol. The largest absolute Gasteiger partial charge is 0.376 e. The van der Waals surface area contributed by atoms with E-state index in [0.717, 1.165) is 56.7 Å². The molecule has 0 saturated carbocycles. The van der Waals surface area contributed by atoms with Gasteiger partial charge in [-0.25, -0.2) is 9.67 Å². The van der Waals surface area contributed by atoms with Crippen LogP contribution >= 0.6 is 0 Å². The second-order valence-corrected chi connectivity index (χ2v) is 7.70. The van der Waals surface area contributed by atoms with E-state index < -0.39 is 0 Å². The fraction of sp³-hybridized carbons (Fsp3) is 0.409. The zero-order valence-corrected chi connectivity index (χ0v) is 16.9. The van der Waals surface area contributed by atoms with Crippen molar-refractivity contribution in [1.82, 2.24) is 29.9 Å². The van der Waals surface area contributed by atoms with Crippen molar-refractivity contribution < 1.29 is 4.79 Å². The van der Waals surface area contributed by atoms with Gasteiger partial charge in [0.2, 0.25) is 0 Å². The summed E-state index contributed by atoms with van der Waals surface area (Å²) in [5.74, 6) is 0.106. The lowest BCUT2D eigenvalue weighted by atomic mass is 10.0. The molecule has 1 N–H and O–H groups in total. The number of nitrogens with one attached hydrogen (secondary N) is 1. The molecule has 1 aromatic carbocycles. The molecule has 2 aromatic rings. The minimum absolute atomic E-state index is 0.106. The highest BCUT2D eigenvalue weighted by molar-refractivity contribution is 5.94. The van der Waals surface area contributed by atoms with Crippen LogP contribution in [0.2, 0.25) is 0 Å². The summed E-state index contributed by atoms with van der Waals surface area (Å²) >= 11 is 0. The summed E-state index contributed by atoms with van der Waals surface area (Å²) in [6.07, 6.45) is 12.8. The van der Waals surface area contributed by atoms with Crippen LogP contribution in [-0.4, -0.2) is 69.7 Å². The number of benzene rings is 1. The second kappa shape index (κ2) is 9.05. The number of nitrogens with zero attached hydrogens (tertiary/aromatic N) is 5. The van der Waals surface area contributed by atoms with Crippen LogP contribution < -0.4 is 5.32 Å². The zero-order valence-electron chi connectivity index (χ0n) is 16.9. The molecular weight excluding hydrogens is 364 g/mol. The number of hydrogen-bond acceptors (Lipinski definition) is 5. The van der Waals surface area contributed by atoms with Gasteiger partial charge in [-0.1, -0.05) is 12.2 Å². The van der Waals surface area contributed by atoms with Gasteiger partial charge in [0.25, 0.3) is 5.91 Å². The summed E-state index contributed by atoms with van der Waals surface area (Å²) in [6.45, 7) is 3.57. The predicted octanol–water partition coefficient (Wildman–Crippen LogP) is 2.24. The number of likely N-dealkylation sites (N-methyl/N-ethyl adjacent to an activating group) is 1. The number of piperidine rings is 1. The lowest BCUT2D eigenvalue weighted by Gasteiger charge is -2.32. The van der Waals surface area contributed by atoms with E-state index in [2.05, 4.69) is 45.7 Å². The molecule has 0 spiro atoms. The summed E-state index contributed by atoms with van der Waals surface area (Å²) in [7, 11) is 2.10. The molecule has 1 aromatic heterocycles. The minimum atomic E-state index is 0.106. The van der Waals surface area contributed by atoms with Gasteiger partial charge in [0.05, 0.1) is 5.69 Å². The van der Waals surface area contributed by atoms with Gasteiger partial charge in [0.15, 0.2) is 0 Å². The van der Waals surface area contributed by atoms with E-state index in [9.17, 15) is 4.79 Å². The van der Waals surface area contributed by atoms with Crippen LogP contribution in [0.3, 0.4) is 0 Å². The highest BCUT2D eigenvalue weighted by Gasteiger charge is 2.23. The first kappa shape index (κ1) is 19.4. The second-order valence-electron chi connectivity index (χ2n) is 7.70. The Balaban J connectivity index is 1.23. The van der Waals surface area contributed by atoms with Crippen molar-refractivity contribution in [3.63, 3.8) is 0 Å². The van der Waals surface area contributed by atoms with Crippen LogP contribution in [0.1, 0.15) is 29.6 Å². The molecule has 0 atom stereocenters. The maximum Gasteiger partial charge on any atom is 0.253 e. The first-order valence-electron chi connectivity index (χ1n) is 10.2. The lowest BCUT2D eigenvalue weighted by molar-refractivity contribution is 0.0705. The molecular formula is C22H28N6O. The van der Waals surface area contributed by atoms with Crippen molar-refractivity contribution in [2.45, 2.75) is 25.3 Å². The van der Waals surface area contributed by atoms with Gasteiger partial charge in [-0.3, -0.25) is 4.79 Å². The Morgan fingerprint density at radius 2 is 2.00 bits per heavy atom. The third-order valence-electron chi connectivity index (χ3n) is 5.54. The molecule has 0 bridgehead atoms. The number of likely N-dealkylation sites (tertiary alicyclic amines) is 1. The minimum Gasteiger partial charge on any atom is -0.376 e. The molecule has 152 valence electrons. The van der Waals surface area contributed by atoms with Crippen molar-refractivity contribution >= 4 is 5.91 Å². The van der Waals surface area contributed by atoms with Crippen LogP contribution in [0.5, 0.6) is 0 Å². The number of rotatable bonds is 6. The third-order valence-corrected chi connectivity index (χ3v) is 5.54. The summed E-state index contributed by atoms with van der Waals surface area (Å²) in [4.78, 5) is 20.9. The molecule has 2 aliphatic heterocycles. The Hall–Kier alpha value is -2.93. The normalized spacial score (nSPS) is 17.5. The Bertz CT molecular complexity index is 863. The first-order valence-corrected chi connectivity index (χ1v) is 10.2. The van der Waals surface area contributed by atoms with Crippen molar-refractivity contribution in [1.29, 1.82) is 0 Å². The molecule has 1 saturated heterocycles. The number of carbonyl (C=O) groups is 1. The van der Waals surface area contributed by atoms with Gasteiger partial charge in [0.1, 0.15) is 12.7 Å². The molecule has 1 amide bonds. The van der Waals surface area contributed by atoms with E-state index in [0.29, 0.717) is 6.04 Å². The number of carbonyl (C=O) groups excluding carboxylic acids is 1. The van der Waals surface area contributed by atoms with Crippen LogP contribution in [0.15, 0.2) is 60.8 Å². The topological polar surface area (TPSA) is 66.3 Å². The number of aromatic nitrogens is 3. The fourth-order valence-corrected chi connectivity index (χ4v) is 3.89. The number of allylic oxidation sites excluding steroid dienone is 1. The monoisotopic (exact) mass is 392 g/mol. The molecule has 1 fully saturated rings. The molecule has 7 heteroatoms. The highest BCUT2D eigenvalue weighted by atomic mass is 16.2. The molecule has 0 radical (unpaired) electrons. The standard InChI is InChI=1S/C22H28N6O/c1-26-12-2-3-18(15-26)8-11-24-20-9-13-27(14-10-20)22(29)19-4-6-21(7-5-19)28-17-23-16-25-28/h2-7,15-17,20,24H,8-14H2,1H3. The van der Waals surface area contributed by atoms with Crippen LogP contribution in [0.25, 0.3) is 5.69 Å². The predicted molar refractivity (Wildman–Crippen MR) is 113 cm³/mol. The Morgan fingerprint density at radius 1 is 1.21 bits per heavy atom. The number of hydrogen-bond donors (Lipinski definition) is 1. The maximum atomic E-state index is 12.8. The van der Waals surface area contributed by atoms with Crippen molar-refractivity contribution in [2.24, 2.45) is 0 Å². The van der Waals surface area contributed by atoms with Gasteiger partial charge in [-0.15, -0.1) is 0 Å². The molecule has 4 rings (SSSR count). The van der Waals surface area contributed by atoms with Gasteiger partial charge in [-0.2, -0.15) is 5.10 Å². The van der Waals surface area contributed by atoms with Crippen molar-refractivity contribution in [2.75, 3.05) is 33.2 Å². The quantitative estimate of drug-likeness (QED) is 0.817. The zero-order chi connectivity index (χ0) is 20.1. The molecule has 0 unspecified atom stereocenters. The first-order chi connectivity index (χ1) is 14.2. The Labute approximate surface area is 171 Å². The maximum absolute atomic E-state index is 12.8. The Kier molecular flexibility index (Phi) is 6.05. The van der Waals surface area contributed by atoms with E-state index in [4.69, 9.17) is 0 Å². The van der Waals surface area contributed by atoms with Crippen molar-refractivity contribution in [3.05, 3.63) is 66.4 Å². The molecule has 2 aliphatic rings. The van der Waals surface area contributed by atoms with Gasteiger partial charge in [-0.05, 0) is 55.6 Å². The smallest absolute Gasteiger partial charge is 0.253 e. The van der Waals surface area contributed by atoms with E-state index >= 15 is 0 Å². The van der Waals surface area contributed by atoms with Crippen LogP contribution in [0.4, 0.5) is 0 Å². The Morgan fingerprint density at radius 3 is 2.69 bits per heavy atom. The fourth-order valence-electron chi connectivity index (χ4n) is 3.89. The van der Waals surface area contributed by atoms with E-state index in [-0.39, 0.29) is 5.91 Å². The van der Waals surface area contributed by atoms with E-state index in [1.165, 1.54) is 11.9 Å². The summed E-state index contributed by atoms with van der Waals surface area (Å²) < 4.78 is 1.68.